The van der Waals surface area contributed by atoms with Crippen LogP contribution in [0.15, 0.2) is 0 Å². The zero-order valence-electron chi connectivity index (χ0n) is 10.9. The van der Waals surface area contributed by atoms with Crippen LogP contribution in [0.25, 0.3) is 0 Å². The van der Waals surface area contributed by atoms with Gasteiger partial charge in [-0.2, -0.15) is 0 Å². The predicted octanol–water partition coefficient (Wildman–Crippen LogP) is 2.66. The van der Waals surface area contributed by atoms with E-state index in [2.05, 4.69) is 18.9 Å². The first-order valence-corrected chi connectivity index (χ1v) is 7.05. The molecule has 1 saturated heterocycles. The molecule has 0 aromatic rings. The molecule has 2 nitrogen and oxygen atoms in total. The number of nitrogens with zero attached hydrogens (tertiary/aromatic N) is 1. The number of piperidine rings is 1. The molecule has 16 heavy (non-hydrogen) atoms. The molecule has 3 unspecified atom stereocenters. The van der Waals surface area contributed by atoms with Crippen LogP contribution < -0.4 is 0 Å². The molecule has 2 aliphatic rings. The lowest BCUT2D eigenvalue weighted by atomic mass is 9.69. The molecule has 2 rings (SSSR count). The first kappa shape index (κ1) is 12.4. The highest BCUT2D eigenvalue weighted by molar-refractivity contribution is 4.94. The molecular formula is C14H27NO. The molecule has 0 aromatic heterocycles. The third-order valence-electron chi connectivity index (χ3n) is 4.81. The van der Waals surface area contributed by atoms with Gasteiger partial charge < -0.3 is 10.0 Å². The van der Waals surface area contributed by atoms with Gasteiger partial charge in [-0.05, 0) is 51.1 Å². The fraction of sp³-hybridized carbons (Fsp3) is 1.00. The maximum absolute atomic E-state index is 10.8. The Kier molecular flexibility index (Phi) is 3.91. The zero-order chi connectivity index (χ0) is 11.6. The Morgan fingerprint density at radius 1 is 1.31 bits per heavy atom. The second kappa shape index (κ2) is 5.05. The third-order valence-corrected chi connectivity index (χ3v) is 4.81. The lowest BCUT2D eigenvalue weighted by Gasteiger charge is -2.45. The minimum atomic E-state index is -0.374. The average Bonchev–Trinajstić information content (AvgIpc) is 2.29. The molecule has 1 aliphatic carbocycles. The normalized spacial score (nSPS) is 42.2. The highest BCUT2D eigenvalue weighted by Crippen LogP contribution is 2.40. The van der Waals surface area contributed by atoms with Crippen LogP contribution in [0.2, 0.25) is 0 Å². The summed E-state index contributed by atoms with van der Waals surface area (Å²) in [6.07, 6.45) is 8.72. The van der Waals surface area contributed by atoms with Gasteiger partial charge in [0.1, 0.15) is 0 Å². The van der Waals surface area contributed by atoms with Crippen molar-refractivity contribution >= 4 is 0 Å². The highest BCUT2D eigenvalue weighted by atomic mass is 16.3. The van der Waals surface area contributed by atoms with Gasteiger partial charge in [-0.25, -0.2) is 0 Å². The van der Waals surface area contributed by atoms with E-state index < -0.39 is 0 Å². The van der Waals surface area contributed by atoms with Crippen LogP contribution in [0, 0.1) is 11.8 Å². The van der Waals surface area contributed by atoms with Gasteiger partial charge in [-0.15, -0.1) is 0 Å². The first-order valence-electron chi connectivity index (χ1n) is 7.05. The zero-order valence-corrected chi connectivity index (χ0v) is 10.9. The van der Waals surface area contributed by atoms with Crippen LogP contribution in [0.1, 0.15) is 51.9 Å². The van der Waals surface area contributed by atoms with E-state index >= 15 is 0 Å². The van der Waals surface area contributed by atoms with Crippen molar-refractivity contribution in [3.8, 4) is 0 Å². The Morgan fingerprint density at radius 3 is 2.81 bits per heavy atom. The second-order valence-electron chi connectivity index (χ2n) is 6.08. The number of rotatable bonds is 2. The predicted molar refractivity (Wildman–Crippen MR) is 67.4 cm³/mol. The van der Waals surface area contributed by atoms with Crippen molar-refractivity contribution in [3.05, 3.63) is 0 Å². The summed E-state index contributed by atoms with van der Waals surface area (Å²) in [5.74, 6) is 1.43. The van der Waals surface area contributed by atoms with E-state index in [1.165, 1.54) is 38.5 Å². The summed E-state index contributed by atoms with van der Waals surface area (Å²) in [6, 6.07) is 0. The second-order valence-corrected chi connectivity index (χ2v) is 6.08. The number of likely N-dealkylation sites (N-methyl/N-ethyl adjacent to an activating group) is 1. The fourth-order valence-corrected chi connectivity index (χ4v) is 3.76. The van der Waals surface area contributed by atoms with Gasteiger partial charge in [0.05, 0.1) is 5.60 Å². The summed E-state index contributed by atoms with van der Waals surface area (Å²) < 4.78 is 0. The van der Waals surface area contributed by atoms with Gasteiger partial charge in [-0.3, -0.25) is 0 Å². The van der Waals surface area contributed by atoms with Gasteiger partial charge in [0.2, 0.25) is 0 Å². The minimum Gasteiger partial charge on any atom is -0.388 e. The van der Waals surface area contributed by atoms with Gasteiger partial charge in [0.25, 0.3) is 0 Å². The number of hydrogen-bond donors (Lipinski definition) is 1. The van der Waals surface area contributed by atoms with Crippen LogP contribution >= 0.6 is 0 Å². The van der Waals surface area contributed by atoms with Crippen LogP contribution in [-0.2, 0) is 0 Å². The number of hydrogen-bond acceptors (Lipinski definition) is 2. The summed E-state index contributed by atoms with van der Waals surface area (Å²) in [4.78, 5) is 2.30. The molecule has 0 aromatic carbocycles. The van der Waals surface area contributed by atoms with Crippen LogP contribution in [0.5, 0.6) is 0 Å². The maximum atomic E-state index is 10.8. The fourth-order valence-electron chi connectivity index (χ4n) is 3.76. The van der Waals surface area contributed by atoms with E-state index in [9.17, 15) is 5.11 Å². The molecule has 3 atom stereocenters. The number of likely N-dealkylation sites (tertiary alicyclic amines) is 1. The molecule has 1 saturated carbocycles. The van der Waals surface area contributed by atoms with Crippen molar-refractivity contribution < 1.29 is 5.11 Å². The Bertz CT molecular complexity index is 231. The van der Waals surface area contributed by atoms with Crippen molar-refractivity contribution in [2.75, 3.05) is 20.1 Å². The molecule has 2 fully saturated rings. The number of aliphatic hydroxyl groups is 1. The molecule has 94 valence electrons. The average molecular weight is 225 g/mol. The van der Waals surface area contributed by atoms with Gasteiger partial charge >= 0.3 is 0 Å². The van der Waals surface area contributed by atoms with Crippen LogP contribution in [0.4, 0.5) is 0 Å². The Balaban J connectivity index is 1.98. The van der Waals surface area contributed by atoms with Crippen LogP contribution in [-0.4, -0.2) is 35.7 Å². The summed E-state index contributed by atoms with van der Waals surface area (Å²) in [7, 11) is 2.14. The minimum absolute atomic E-state index is 0.374. The molecule has 0 radical (unpaired) electrons. The van der Waals surface area contributed by atoms with E-state index in [0.717, 1.165) is 25.4 Å². The molecule has 1 heterocycles. The van der Waals surface area contributed by atoms with Gasteiger partial charge in [0, 0.05) is 6.54 Å². The summed E-state index contributed by atoms with van der Waals surface area (Å²) in [5, 5.41) is 10.8. The molecule has 1 N–H and O–H groups in total. The van der Waals surface area contributed by atoms with E-state index in [4.69, 9.17) is 0 Å². The SMILES string of the molecule is CCC1CCCC(C2(O)CCCN(C)C2)C1. The monoisotopic (exact) mass is 225 g/mol. The summed E-state index contributed by atoms with van der Waals surface area (Å²) >= 11 is 0. The lowest BCUT2D eigenvalue weighted by Crippen LogP contribution is -2.52. The molecule has 0 spiro atoms. The van der Waals surface area contributed by atoms with Crippen LogP contribution in [0.3, 0.4) is 0 Å². The van der Waals surface area contributed by atoms with E-state index in [-0.39, 0.29) is 5.60 Å². The molecule has 2 heteroatoms. The first-order chi connectivity index (χ1) is 7.64. The van der Waals surface area contributed by atoms with Crippen molar-refractivity contribution in [1.29, 1.82) is 0 Å². The van der Waals surface area contributed by atoms with E-state index in [1.54, 1.807) is 0 Å². The van der Waals surface area contributed by atoms with E-state index in [1.807, 2.05) is 0 Å². The largest absolute Gasteiger partial charge is 0.388 e. The topological polar surface area (TPSA) is 23.5 Å². The van der Waals surface area contributed by atoms with Crippen molar-refractivity contribution in [2.45, 2.75) is 57.5 Å². The summed E-state index contributed by atoms with van der Waals surface area (Å²) in [5.41, 5.74) is -0.374. The molecule has 1 aliphatic heterocycles. The Morgan fingerprint density at radius 2 is 2.12 bits per heavy atom. The molecule has 0 bridgehead atoms. The highest BCUT2D eigenvalue weighted by Gasteiger charge is 2.41. The number of β-amino-alcohol motifs (C(OH)–C–C–N with tert-alkyl or cyclic N) is 1. The lowest BCUT2D eigenvalue weighted by molar-refractivity contribution is -0.0851. The van der Waals surface area contributed by atoms with Crippen molar-refractivity contribution in [2.24, 2.45) is 11.8 Å². The smallest absolute Gasteiger partial charge is 0.0802 e. The van der Waals surface area contributed by atoms with Gasteiger partial charge in [-0.1, -0.05) is 26.2 Å². The standard InChI is InChI=1S/C14H27NO/c1-3-12-6-4-7-13(10-12)14(16)8-5-9-15(2)11-14/h12-13,16H,3-11H2,1-2H3. The molecular weight excluding hydrogens is 198 g/mol. The van der Waals surface area contributed by atoms with E-state index in [0.29, 0.717) is 5.92 Å². The Labute approximate surface area is 100 Å². The summed E-state index contributed by atoms with van der Waals surface area (Å²) in [6.45, 7) is 4.35. The quantitative estimate of drug-likeness (QED) is 0.781. The van der Waals surface area contributed by atoms with Gasteiger partial charge in [0.15, 0.2) is 0 Å². The van der Waals surface area contributed by atoms with Crippen molar-refractivity contribution in [3.63, 3.8) is 0 Å². The molecule has 0 amide bonds. The third kappa shape index (κ3) is 2.60. The maximum Gasteiger partial charge on any atom is 0.0802 e. The van der Waals surface area contributed by atoms with Crippen molar-refractivity contribution in [1.82, 2.24) is 4.90 Å². The Hall–Kier alpha value is -0.0800.